The van der Waals surface area contributed by atoms with Crippen molar-refractivity contribution in [1.29, 1.82) is 5.26 Å². The van der Waals surface area contributed by atoms with Gasteiger partial charge in [0.25, 0.3) is 0 Å². The Labute approximate surface area is 95.1 Å². The molecule has 0 aromatic carbocycles. The molecule has 1 aliphatic rings. The summed E-state index contributed by atoms with van der Waals surface area (Å²) in [4.78, 5) is 6.38. The first-order chi connectivity index (χ1) is 7.70. The third-order valence-corrected chi connectivity index (χ3v) is 3.03. The van der Waals surface area contributed by atoms with Gasteiger partial charge in [-0.1, -0.05) is 13.0 Å². The Hall–Kier alpha value is -1.60. The molecule has 0 amide bonds. The topological polar surface area (TPSA) is 60.2 Å². The van der Waals surface area contributed by atoms with E-state index in [0.29, 0.717) is 5.69 Å². The molecule has 1 aromatic rings. The normalized spacial score (nSPS) is 25.2. The zero-order chi connectivity index (χ0) is 11.5. The van der Waals surface area contributed by atoms with Crippen molar-refractivity contribution in [3.05, 3.63) is 23.9 Å². The van der Waals surface area contributed by atoms with Crippen LogP contribution in [0.4, 0.5) is 5.82 Å². The van der Waals surface area contributed by atoms with Crippen LogP contribution >= 0.6 is 0 Å². The van der Waals surface area contributed by atoms with Crippen LogP contribution < -0.4 is 4.90 Å². The molecule has 1 fully saturated rings. The summed E-state index contributed by atoms with van der Waals surface area (Å²) in [6, 6.07) is 7.49. The molecule has 0 saturated carbocycles. The highest BCUT2D eigenvalue weighted by Crippen LogP contribution is 2.21. The van der Waals surface area contributed by atoms with Crippen LogP contribution in [0.1, 0.15) is 19.0 Å². The highest BCUT2D eigenvalue weighted by molar-refractivity contribution is 5.42. The summed E-state index contributed by atoms with van der Waals surface area (Å²) in [5.74, 6) is 1.08. The summed E-state index contributed by atoms with van der Waals surface area (Å²) in [6.07, 6.45) is 0.551. The Kier molecular flexibility index (Phi) is 3.07. The molecule has 1 saturated heterocycles. The van der Waals surface area contributed by atoms with Gasteiger partial charge < -0.3 is 10.0 Å². The summed E-state index contributed by atoms with van der Waals surface area (Å²) >= 11 is 0. The third kappa shape index (κ3) is 2.15. The molecule has 4 nitrogen and oxygen atoms in total. The Morgan fingerprint density at radius 1 is 1.56 bits per heavy atom. The Morgan fingerprint density at radius 2 is 2.38 bits per heavy atom. The van der Waals surface area contributed by atoms with E-state index in [1.807, 2.05) is 25.1 Å². The van der Waals surface area contributed by atoms with E-state index in [-0.39, 0.29) is 12.0 Å². The number of hydrogen-bond acceptors (Lipinski definition) is 4. The second kappa shape index (κ2) is 4.50. The molecule has 1 aromatic heterocycles. The second-order valence-electron chi connectivity index (χ2n) is 4.27. The van der Waals surface area contributed by atoms with Gasteiger partial charge in [-0.15, -0.1) is 0 Å². The molecule has 2 unspecified atom stereocenters. The minimum Gasteiger partial charge on any atom is -0.393 e. The largest absolute Gasteiger partial charge is 0.393 e. The summed E-state index contributed by atoms with van der Waals surface area (Å²) in [6.45, 7) is 3.63. The molecule has 0 bridgehead atoms. The fourth-order valence-electron chi connectivity index (χ4n) is 2.00. The number of aromatic nitrogens is 1. The van der Waals surface area contributed by atoms with Gasteiger partial charge in [-0.05, 0) is 24.5 Å². The maximum atomic E-state index is 9.64. The average Bonchev–Trinajstić information content (AvgIpc) is 2.33. The average molecular weight is 217 g/mol. The van der Waals surface area contributed by atoms with Gasteiger partial charge in [0, 0.05) is 13.1 Å². The molecular formula is C12H15N3O. The van der Waals surface area contributed by atoms with Crippen LogP contribution in [0.3, 0.4) is 0 Å². The number of pyridine rings is 1. The van der Waals surface area contributed by atoms with E-state index in [2.05, 4.69) is 9.88 Å². The van der Waals surface area contributed by atoms with Gasteiger partial charge in [0.15, 0.2) is 0 Å². The van der Waals surface area contributed by atoms with Crippen molar-refractivity contribution in [2.45, 2.75) is 19.4 Å². The summed E-state index contributed by atoms with van der Waals surface area (Å²) < 4.78 is 0. The highest BCUT2D eigenvalue weighted by Gasteiger charge is 2.24. The molecule has 1 N–H and O–H groups in total. The van der Waals surface area contributed by atoms with Crippen LogP contribution in [0.15, 0.2) is 18.2 Å². The van der Waals surface area contributed by atoms with Crippen molar-refractivity contribution in [2.75, 3.05) is 18.0 Å². The highest BCUT2D eigenvalue weighted by atomic mass is 16.3. The van der Waals surface area contributed by atoms with E-state index in [0.717, 1.165) is 25.3 Å². The quantitative estimate of drug-likeness (QED) is 0.766. The second-order valence-corrected chi connectivity index (χ2v) is 4.27. The fraction of sp³-hybridized carbons (Fsp3) is 0.500. The molecule has 2 heterocycles. The number of aliphatic hydroxyl groups is 1. The lowest BCUT2D eigenvalue weighted by molar-refractivity contribution is 0.0969. The lowest BCUT2D eigenvalue weighted by atomic mass is 9.97. The predicted molar refractivity (Wildman–Crippen MR) is 61.0 cm³/mol. The van der Waals surface area contributed by atoms with E-state index in [1.165, 1.54) is 0 Å². The van der Waals surface area contributed by atoms with E-state index in [1.54, 1.807) is 6.07 Å². The first kappa shape index (κ1) is 10.9. The Morgan fingerprint density at radius 3 is 3.06 bits per heavy atom. The Bertz CT molecular complexity index is 413. The van der Waals surface area contributed by atoms with Crippen LogP contribution in [0.2, 0.25) is 0 Å². The summed E-state index contributed by atoms with van der Waals surface area (Å²) in [5.41, 5.74) is 0.441. The molecule has 2 atom stereocenters. The molecule has 84 valence electrons. The zero-order valence-electron chi connectivity index (χ0n) is 9.30. The van der Waals surface area contributed by atoms with Crippen LogP contribution in [0, 0.1) is 17.2 Å². The van der Waals surface area contributed by atoms with Crippen molar-refractivity contribution in [3.63, 3.8) is 0 Å². The van der Waals surface area contributed by atoms with Crippen molar-refractivity contribution in [3.8, 4) is 6.07 Å². The van der Waals surface area contributed by atoms with Gasteiger partial charge in [0.1, 0.15) is 17.6 Å². The van der Waals surface area contributed by atoms with Crippen molar-refractivity contribution in [2.24, 2.45) is 5.92 Å². The van der Waals surface area contributed by atoms with Gasteiger partial charge in [-0.2, -0.15) is 5.26 Å². The number of nitrogens with zero attached hydrogens (tertiary/aromatic N) is 3. The maximum Gasteiger partial charge on any atom is 0.142 e. The van der Waals surface area contributed by atoms with Crippen LogP contribution in [0.25, 0.3) is 0 Å². The smallest absolute Gasteiger partial charge is 0.142 e. The van der Waals surface area contributed by atoms with E-state index >= 15 is 0 Å². The van der Waals surface area contributed by atoms with Crippen LogP contribution in [0.5, 0.6) is 0 Å². The number of rotatable bonds is 1. The van der Waals surface area contributed by atoms with E-state index < -0.39 is 0 Å². The number of hydrogen-bond donors (Lipinski definition) is 1. The number of nitriles is 1. The van der Waals surface area contributed by atoms with Crippen LogP contribution in [-0.2, 0) is 0 Å². The number of anilines is 1. The van der Waals surface area contributed by atoms with E-state index in [4.69, 9.17) is 5.26 Å². The molecule has 4 heteroatoms. The van der Waals surface area contributed by atoms with Gasteiger partial charge in [0.2, 0.25) is 0 Å². The third-order valence-electron chi connectivity index (χ3n) is 3.03. The van der Waals surface area contributed by atoms with Crippen molar-refractivity contribution >= 4 is 5.82 Å². The summed E-state index contributed by atoms with van der Waals surface area (Å²) in [7, 11) is 0. The fourth-order valence-corrected chi connectivity index (χ4v) is 2.00. The lowest BCUT2D eigenvalue weighted by Gasteiger charge is -2.35. The zero-order valence-corrected chi connectivity index (χ0v) is 9.30. The minimum absolute atomic E-state index is 0.213. The number of piperidine rings is 1. The van der Waals surface area contributed by atoms with Gasteiger partial charge >= 0.3 is 0 Å². The molecule has 16 heavy (non-hydrogen) atoms. The van der Waals surface area contributed by atoms with Crippen molar-refractivity contribution < 1.29 is 5.11 Å². The predicted octanol–water partition coefficient (Wildman–Crippen LogP) is 1.16. The maximum absolute atomic E-state index is 9.64. The number of aliphatic hydroxyl groups excluding tert-OH is 1. The van der Waals surface area contributed by atoms with E-state index in [9.17, 15) is 5.11 Å². The molecule has 2 rings (SSSR count). The van der Waals surface area contributed by atoms with Gasteiger partial charge in [0.05, 0.1) is 6.10 Å². The molecule has 0 radical (unpaired) electrons. The van der Waals surface area contributed by atoms with Gasteiger partial charge in [-0.25, -0.2) is 4.98 Å². The SMILES string of the molecule is CC1CN(c2cccc(C#N)n2)CCC1O. The first-order valence-electron chi connectivity index (χ1n) is 5.51. The Balaban J connectivity index is 2.16. The molecule has 1 aliphatic heterocycles. The summed E-state index contributed by atoms with van der Waals surface area (Å²) in [5, 5.41) is 18.4. The molecule has 0 aliphatic carbocycles. The minimum atomic E-state index is -0.213. The molecule has 0 spiro atoms. The molecular weight excluding hydrogens is 202 g/mol. The first-order valence-corrected chi connectivity index (χ1v) is 5.51. The standard InChI is InChI=1S/C12H15N3O/c1-9-8-15(6-5-11(9)16)12-4-2-3-10(7-13)14-12/h2-4,9,11,16H,5-6,8H2,1H3. The lowest BCUT2D eigenvalue weighted by Crippen LogP contribution is -2.42. The monoisotopic (exact) mass is 217 g/mol. The van der Waals surface area contributed by atoms with Crippen molar-refractivity contribution in [1.82, 2.24) is 4.98 Å². The van der Waals surface area contributed by atoms with Gasteiger partial charge in [-0.3, -0.25) is 0 Å². The van der Waals surface area contributed by atoms with Crippen LogP contribution in [-0.4, -0.2) is 29.3 Å².